The Bertz CT molecular complexity index is 985. The van der Waals surface area contributed by atoms with E-state index >= 15 is 0 Å². The van der Waals surface area contributed by atoms with Gasteiger partial charge < -0.3 is 14.7 Å². The fourth-order valence-corrected chi connectivity index (χ4v) is 4.38. The fraction of sp³-hybridized carbons (Fsp3) is 0.417. The maximum atomic E-state index is 14.3. The Morgan fingerprint density at radius 2 is 1.73 bits per heavy atom. The average molecular weight is 459 g/mol. The lowest BCUT2D eigenvalue weighted by atomic mass is 9.89. The molecule has 2 fully saturated rings. The number of benzene rings is 2. The van der Waals surface area contributed by atoms with Crippen LogP contribution in [0, 0.1) is 17.6 Å². The summed E-state index contributed by atoms with van der Waals surface area (Å²) in [6.45, 7) is 0.380. The molecule has 2 aromatic carbocycles. The van der Waals surface area contributed by atoms with Crippen molar-refractivity contribution >= 4 is 17.6 Å². The van der Waals surface area contributed by atoms with Gasteiger partial charge >= 0.3 is 6.03 Å². The zero-order chi connectivity index (χ0) is 23.4. The number of amides is 3. The van der Waals surface area contributed by atoms with Gasteiger partial charge in [0.2, 0.25) is 12.1 Å². The van der Waals surface area contributed by atoms with E-state index in [1.807, 2.05) is 6.07 Å². The summed E-state index contributed by atoms with van der Waals surface area (Å²) >= 11 is 0. The van der Waals surface area contributed by atoms with Crippen LogP contribution in [0.3, 0.4) is 0 Å². The van der Waals surface area contributed by atoms with Crippen molar-refractivity contribution in [3.63, 3.8) is 0 Å². The van der Waals surface area contributed by atoms with E-state index in [1.165, 1.54) is 0 Å². The normalized spacial score (nSPS) is 21.5. The van der Waals surface area contributed by atoms with Crippen molar-refractivity contribution < 1.29 is 28.2 Å². The number of piperazine rings is 1. The number of hydrogen-bond acceptors (Lipinski definition) is 5. The highest BCUT2D eigenvalue weighted by atomic mass is 19.1. The molecule has 0 radical (unpaired) electrons. The Kier molecular flexibility index (Phi) is 7.08. The van der Waals surface area contributed by atoms with Crippen molar-refractivity contribution in [3.8, 4) is 5.75 Å². The Balaban J connectivity index is 1.53. The number of nitrogens with zero attached hydrogens (tertiary/aromatic N) is 2. The third-order valence-electron chi connectivity index (χ3n) is 6.16. The van der Waals surface area contributed by atoms with Crippen LogP contribution in [0.1, 0.15) is 32.1 Å². The van der Waals surface area contributed by atoms with E-state index in [1.54, 1.807) is 29.2 Å². The van der Waals surface area contributed by atoms with Gasteiger partial charge in [-0.15, -0.1) is 0 Å². The zero-order valence-electron chi connectivity index (χ0n) is 18.1. The third-order valence-corrected chi connectivity index (χ3v) is 6.16. The molecule has 33 heavy (non-hydrogen) atoms. The molecule has 7 nitrogen and oxygen atoms in total. The number of aliphatic hydroxyl groups excluding tert-OH is 1. The van der Waals surface area contributed by atoms with Crippen LogP contribution in [0.15, 0.2) is 48.5 Å². The summed E-state index contributed by atoms with van der Waals surface area (Å²) in [5.41, 5.74) is 0.697. The first-order valence-corrected chi connectivity index (χ1v) is 11.2. The van der Waals surface area contributed by atoms with Crippen LogP contribution in [-0.4, -0.2) is 47.5 Å². The lowest BCUT2D eigenvalue weighted by Crippen LogP contribution is -2.65. The summed E-state index contributed by atoms with van der Waals surface area (Å²) in [5, 5.41) is 13.4. The van der Waals surface area contributed by atoms with Gasteiger partial charge in [0.05, 0.1) is 0 Å². The van der Waals surface area contributed by atoms with Crippen molar-refractivity contribution in [3.05, 3.63) is 60.2 Å². The number of ether oxygens (including phenoxy) is 1. The van der Waals surface area contributed by atoms with Gasteiger partial charge in [-0.3, -0.25) is 15.0 Å². The second-order valence-electron chi connectivity index (χ2n) is 8.35. The van der Waals surface area contributed by atoms with Crippen molar-refractivity contribution in [2.75, 3.05) is 18.0 Å². The molecule has 0 bridgehead atoms. The van der Waals surface area contributed by atoms with Crippen molar-refractivity contribution in [2.24, 2.45) is 5.92 Å². The molecule has 1 saturated heterocycles. The Labute approximate surface area is 190 Å². The van der Waals surface area contributed by atoms with Gasteiger partial charge in [-0.2, -0.15) is 0 Å². The van der Waals surface area contributed by atoms with Crippen LogP contribution < -0.4 is 15.0 Å². The number of rotatable bonds is 4. The van der Waals surface area contributed by atoms with Crippen LogP contribution >= 0.6 is 0 Å². The van der Waals surface area contributed by atoms with Crippen molar-refractivity contribution in [1.29, 1.82) is 0 Å². The second-order valence-corrected chi connectivity index (χ2v) is 8.35. The number of para-hydroxylation sites is 1. The molecule has 1 aliphatic carbocycles. The number of hydrogen-bond donors (Lipinski definition) is 2. The standard InChI is InChI=1S/C24H27F2N3O4/c25-17-11-12-20(19(26)15-17)33-23-22(31)29(14-13-28(23)18-9-5-2-6-10-18)24(32)27-21(30)16-7-3-1-4-8-16/h2,5-6,9-12,15-16,22-23,31H,1,3-4,7-8,13-14H2,(H,27,30,32). The second kappa shape index (κ2) is 10.2. The Hall–Kier alpha value is -3.20. The van der Waals surface area contributed by atoms with Crippen LogP contribution in [-0.2, 0) is 4.79 Å². The molecule has 2 atom stereocenters. The first kappa shape index (κ1) is 23.0. The summed E-state index contributed by atoms with van der Waals surface area (Å²) < 4.78 is 33.4. The average Bonchev–Trinajstić information content (AvgIpc) is 2.82. The van der Waals surface area contributed by atoms with Crippen LogP contribution in [0.4, 0.5) is 19.3 Å². The minimum Gasteiger partial charge on any atom is -0.463 e. The van der Waals surface area contributed by atoms with Gasteiger partial charge in [0.1, 0.15) is 5.82 Å². The highest BCUT2D eigenvalue weighted by Crippen LogP contribution is 2.28. The summed E-state index contributed by atoms with van der Waals surface area (Å²) in [7, 11) is 0. The molecular weight excluding hydrogens is 432 g/mol. The van der Waals surface area contributed by atoms with E-state index in [-0.39, 0.29) is 30.7 Å². The van der Waals surface area contributed by atoms with E-state index in [0.29, 0.717) is 11.8 Å². The van der Waals surface area contributed by atoms with Gasteiger partial charge in [0.15, 0.2) is 17.8 Å². The van der Waals surface area contributed by atoms with Gasteiger partial charge in [-0.05, 0) is 37.1 Å². The quantitative estimate of drug-likeness (QED) is 0.730. The molecule has 2 N–H and O–H groups in total. The molecule has 2 aromatic rings. The number of carbonyl (C=O) groups is 2. The first-order chi connectivity index (χ1) is 15.9. The highest BCUT2D eigenvalue weighted by molar-refractivity contribution is 5.95. The van der Waals surface area contributed by atoms with E-state index in [4.69, 9.17) is 4.74 Å². The van der Waals surface area contributed by atoms with E-state index in [2.05, 4.69) is 5.32 Å². The van der Waals surface area contributed by atoms with Gasteiger partial charge in [0.25, 0.3) is 0 Å². The molecular formula is C24H27F2N3O4. The molecule has 2 aliphatic rings. The topological polar surface area (TPSA) is 82.1 Å². The van der Waals surface area contributed by atoms with Crippen LogP contribution in [0.5, 0.6) is 5.75 Å². The predicted octanol–water partition coefficient (Wildman–Crippen LogP) is 3.63. The Morgan fingerprint density at radius 1 is 1.00 bits per heavy atom. The fourth-order valence-electron chi connectivity index (χ4n) is 4.38. The summed E-state index contributed by atoms with van der Waals surface area (Å²) in [4.78, 5) is 28.2. The maximum Gasteiger partial charge on any atom is 0.326 e. The zero-order valence-corrected chi connectivity index (χ0v) is 18.1. The largest absolute Gasteiger partial charge is 0.463 e. The van der Waals surface area contributed by atoms with Crippen molar-refractivity contribution in [2.45, 2.75) is 44.6 Å². The predicted molar refractivity (Wildman–Crippen MR) is 117 cm³/mol. The number of nitrogens with one attached hydrogen (secondary N) is 1. The number of urea groups is 1. The number of anilines is 1. The maximum absolute atomic E-state index is 14.3. The SMILES string of the molecule is O=C(NC(=O)N1CCN(c2ccccc2)C(Oc2ccc(F)cc2F)C1O)C1CCCCC1. The molecule has 1 aliphatic heterocycles. The van der Waals surface area contributed by atoms with E-state index < -0.39 is 30.1 Å². The molecule has 0 spiro atoms. The number of halogens is 2. The minimum absolute atomic E-state index is 0.117. The lowest BCUT2D eigenvalue weighted by Gasteiger charge is -2.45. The summed E-state index contributed by atoms with van der Waals surface area (Å²) in [6, 6.07) is 11.2. The molecule has 2 unspecified atom stereocenters. The van der Waals surface area contributed by atoms with Gasteiger partial charge in [-0.1, -0.05) is 37.5 Å². The van der Waals surface area contributed by atoms with Gasteiger partial charge in [0, 0.05) is 30.8 Å². The molecule has 4 rings (SSSR count). The molecule has 1 heterocycles. The van der Waals surface area contributed by atoms with E-state index in [0.717, 1.165) is 49.1 Å². The first-order valence-electron chi connectivity index (χ1n) is 11.2. The van der Waals surface area contributed by atoms with Crippen LogP contribution in [0.25, 0.3) is 0 Å². The summed E-state index contributed by atoms with van der Waals surface area (Å²) in [5.74, 6) is -2.51. The Morgan fingerprint density at radius 3 is 2.42 bits per heavy atom. The molecule has 3 amide bonds. The molecule has 176 valence electrons. The highest BCUT2D eigenvalue weighted by Gasteiger charge is 2.41. The number of aliphatic hydroxyl groups is 1. The van der Waals surface area contributed by atoms with Crippen LogP contribution in [0.2, 0.25) is 0 Å². The molecule has 9 heteroatoms. The third kappa shape index (κ3) is 5.24. The smallest absolute Gasteiger partial charge is 0.326 e. The lowest BCUT2D eigenvalue weighted by molar-refractivity contribution is -0.125. The molecule has 0 aromatic heterocycles. The van der Waals surface area contributed by atoms with Crippen molar-refractivity contribution in [1.82, 2.24) is 10.2 Å². The summed E-state index contributed by atoms with van der Waals surface area (Å²) in [6.07, 6.45) is 1.75. The number of imide groups is 1. The molecule has 1 saturated carbocycles. The number of carbonyl (C=O) groups excluding carboxylic acids is 2. The monoisotopic (exact) mass is 459 g/mol. The van der Waals surface area contributed by atoms with E-state index in [9.17, 15) is 23.5 Å². The van der Waals surface area contributed by atoms with Gasteiger partial charge in [-0.25, -0.2) is 13.6 Å². The minimum atomic E-state index is -1.51.